The molecular weight excluding hydrogens is 306 g/mol. The summed E-state index contributed by atoms with van der Waals surface area (Å²) in [6.07, 6.45) is 0.000834. The van der Waals surface area contributed by atoms with Crippen LogP contribution in [0.1, 0.15) is 33.2 Å². The number of hydrogen-bond donors (Lipinski definition) is 1. The fourth-order valence-corrected chi connectivity index (χ4v) is 2.68. The second-order valence-corrected chi connectivity index (χ2v) is 5.73. The van der Waals surface area contributed by atoms with Gasteiger partial charge in [-0.2, -0.15) is 0 Å². The summed E-state index contributed by atoms with van der Waals surface area (Å²) >= 11 is 0. The minimum absolute atomic E-state index is 0.0128. The third-order valence-electron chi connectivity index (χ3n) is 4.05. The van der Waals surface area contributed by atoms with Crippen molar-refractivity contribution >= 4 is 11.8 Å². The zero-order valence-electron chi connectivity index (χ0n) is 13.4. The molecule has 2 aromatic rings. The Labute approximate surface area is 140 Å². The molecule has 2 aromatic carbocycles. The first kappa shape index (κ1) is 16.2. The largest absolute Gasteiger partial charge is 0.491 e. The number of carbonyl (C=O) groups excluding carboxylic acids is 2. The SMILES string of the molecule is CCc1ccc(OC[C@H](O)CN2C(=O)c3ccccc3C2=O)cc1. The van der Waals surface area contributed by atoms with E-state index in [9.17, 15) is 14.7 Å². The lowest BCUT2D eigenvalue weighted by molar-refractivity contribution is 0.0457. The van der Waals surface area contributed by atoms with Crippen LogP contribution in [-0.4, -0.2) is 41.1 Å². The zero-order chi connectivity index (χ0) is 17.1. The zero-order valence-corrected chi connectivity index (χ0v) is 13.4. The number of imide groups is 1. The van der Waals surface area contributed by atoms with E-state index in [2.05, 4.69) is 6.92 Å². The molecule has 0 fully saturated rings. The van der Waals surface area contributed by atoms with E-state index in [0.29, 0.717) is 16.9 Å². The van der Waals surface area contributed by atoms with Crippen LogP contribution in [0.2, 0.25) is 0 Å². The van der Waals surface area contributed by atoms with Gasteiger partial charge < -0.3 is 9.84 Å². The average molecular weight is 325 g/mol. The molecule has 3 rings (SSSR count). The number of nitrogens with zero attached hydrogens (tertiary/aromatic N) is 1. The van der Waals surface area contributed by atoms with Gasteiger partial charge in [-0.05, 0) is 36.2 Å². The summed E-state index contributed by atoms with van der Waals surface area (Å²) < 4.78 is 5.53. The highest BCUT2D eigenvalue weighted by Gasteiger charge is 2.36. The Hall–Kier alpha value is -2.66. The van der Waals surface area contributed by atoms with Crippen molar-refractivity contribution in [2.45, 2.75) is 19.4 Å². The molecule has 0 spiro atoms. The second kappa shape index (κ2) is 6.84. The Morgan fingerprint density at radius 2 is 1.58 bits per heavy atom. The lowest BCUT2D eigenvalue weighted by atomic mass is 10.1. The molecule has 0 bridgehead atoms. The number of hydrogen-bond acceptors (Lipinski definition) is 4. The van der Waals surface area contributed by atoms with Gasteiger partial charge in [0, 0.05) is 0 Å². The van der Waals surface area contributed by atoms with Gasteiger partial charge in [0.15, 0.2) is 0 Å². The van der Waals surface area contributed by atoms with E-state index in [0.717, 1.165) is 11.3 Å². The van der Waals surface area contributed by atoms with Crippen LogP contribution in [0.5, 0.6) is 5.75 Å². The maximum absolute atomic E-state index is 12.2. The highest BCUT2D eigenvalue weighted by Crippen LogP contribution is 2.22. The van der Waals surface area contributed by atoms with E-state index >= 15 is 0 Å². The fraction of sp³-hybridized carbons (Fsp3) is 0.263. The van der Waals surface area contributed by atoms with E-state index in [4.69, 9.17) is 4.74 Å². The van der Waals surface area contributed by atoms with E-state index in [1.165, 1.54) is 5.56 Å². The number of ether oxygens (including phenoxy) is 1. The number of carbonyl (C=O) groups is 2. The summed E-state index contributed by atoms with van der Waals surface area (Å²) in [6, 6.07) is 14.3. The number of aliphatic hydroxyl groups is 1. The third-order valence-corrected chi connectivity index (χ3v) is 4.05. The minimum Gasteiger partial charge on any atom is -0.491 e. The van der Waals surface area contributed by atoms with Crippen molar-refractivity contribution in [3.63, 3.8) is 0 Å². The van der Waals surface area contributed by atoms with E-state index in [1.807, 2.05) is 24.3 Å². The van der Waals surface area contributed by atoms with Gasteiger partial charge in [0.05, 0.1) is 17.7 Å². The van der Waals surface area contributed by atoms with Crippen molar-refractivity contribution in [3.05, 3.63) is 65.2 Å². The van der Waals surface area contributed by atoms with Crippen LogP contribution in [0.15, 0.2) is 48.5 Å². The number of fused-ring (bicyclic) bond motifs is 1. The highest BCUT2D eigenvalue weighted by molar-refractivity contribution is 6.21. The maximum Gasteiger partial charge on any atom is 0.261 e. The summed E-state index contributed by atoms with van der Waals surface area (Å²) in [5.41, 5.74) is 1.96. The Balaban J connectivity index is 1.58. The Bertz CT molecular complexity index is 719. The van der Waals surface area contributed by atoms with Crippen LogP contribution in [0.25, 0.3) is 0 Å². The van der Waals surface area contributed by atoms with Crippen LogP contribution >= 0.6 is 0 Å². The first-order valence-corrected chi connectivity index (χ1v) is 7.95. The molecule has 1 heterocycles. The molecule has 0 aromatic heterocycles. The van der Waals surface area contributed by atoms with Crippen molar-refractivity contribution in [2.75, 3.05) is 13.2 Å². The maximum atomic E-state index is 12.2. The van der Waals surface area contributed by atoms with Crippen molar-refractivity contribution in [1.82, 2.24) is 4.90 Å². The molecule has 1 N–H and O–H groups in total. The van der Waals surface area contributed by atoms with Gasteiger partial charge >= 0.3 is 0 Å². The number of β-amino-alcohol motifs (C(OH)–C–C–N with tert-alkyl or cyclic N) is 1. The molecule has 0 unspecified atom stereocenters. The van der Waals surface area contributed by atoms with Crippen LogP contribution in [0.3, 0.4) is 0 Å². The standard InChI is InChI=1S/C19H19NO4/c1-2-13-7-9-15(10-8-13)24-12-14(21)11-20-18(22)16-5-3-4-6-17(16)19(20)23/h3-10,14,21H,2,11-12H2,1H3/t14-/m1/s1. The van der Waals surface area contributed by atoms with Crippen LogP contribution in [0.4, 0.5) is 0 Å². The molecule has 5 heteroatoms. The average Bonchev–Trinajstić information content (AvgIpc) is 2.86. The molecule has 1 aliphatic heterocycles. The summed E-state index contributed by atoms with van der Waals surface area (Å²) in [5.74, 6) is -0.0995. The minimum atomic E-state index is -0.946. The van der Waals surface area contributed by atoms with Gasteiger partial charge in [0.2, 0.25) is 0 Å². The van der Waals surface area contributed by atoms with Gasteiger partial charge in [-0.15, -0.1) is 0 Å². The van der Waals surface area contributed by atoms with Crippen LogP contribution in [0, 0.1) is 0 Å². The van der Waals surface area contributed by atoms with Gasteiger partial charge in [0.25, 0.3) is 11.8 Å². The predicted octanol–water partition coefficient (Wildman–Crippen LogP) is 2.28. The predicted molar refractivity (Wildman–Crippen MR) is 89.1 cm³/mol. The van der Waals surface area contributed by atoms with E-state index in [-0.39, 0.29) is 25.0 Å². The van der Waals surface area contributed by atoms with Gasteiger partial charge in [-0.25, -0.2) is 0 Å². The molecule has 5 nitrogen and oxygen atoms in total. The number of aryl methyl sites for hydroxylation is 1. The molecule has 1 atom stereocenters. The molecule has 2 amide bonds. The number of aliphatic hydroxyl groups excluding tert-OH is 1. The monoisotopic (exact) mass is 325 g/mol. The lowest BCUT2D eigenvalue weighted by Crippen LogP contribution is -2.39. The van der Waals surface area contributed by atoms with E-state index in [1.54, 1.807) is 24.3 Å². The summed E-state index contributed by atoms with van der Waals surface area (Å²) in [4.78, 5) is 25.5. The van der Waals surface area contributed by atoms with Crippen molar-refractivity contribution in [1.29, 1.82) is 0 Å². The smallest absolute Gasteiger partial charge is 0.261 e. The molecule has 124 valence electrons. The highest BCUT2D eigenvalue weighted by atomic mass is 16.5. The normalized spacial score (nSPS) is 14.7. The topological polar surface area (TPSA) is 66.8 Å². The van der Waals surface area contributed by atoms with Crippen molar-refractivity contribution < 1.29 is 19.4 Å². The van der Waals surface area contributed by atoms with Gasteiger partial charge in [-0.1, -0.05) is 31.2 Å². The Kier molecular flexibility index (Phi) is 4.62. The van der Waals surface area contributed by atoms with Crippen LogP contribution < -0.4 is 4.74 Å². The molecule has 0 saturated carbocycles. The summed E-state index contributed by atoms with van der Waals surface area (Å²) in [6.45, 7) is 2.00. The second-order valence-electron chi connectivity index (χ2n) is 5.73. The quantitative estimate of drug-likeness (QED) is 0.828. The first-order chi connectivity index (χ1) is 11.6. The van der Waals surface area contributed by atoms with Gasteiger partial charge in [-0.3, -0.25) is 14.5 Å². The van der Waals surface area contributed by atoms with Crippen molar-refractivity contribution in [3.8, 4) is 5.75 Å². The van der Waals surface area contributed by atoms with Gasteiger partial charge in [0.1, 0.15) is 18.5 Å². The number of amides is 2. The summed E-state index contributed by atoms with van der Waals surface area (Å²) in [5, 5.41) is 10.1. The summed E-state index contributed by atoms with van der Waals surface area (Å²) in [7, 11) is 0. The molecule has 1 aliphatic rings. The molecule has 0 aliphatic carbocycles. The first-order valence-electron chi connectivity index (χ1n) is 7.95. The molecule has 24 heavy (non-hydrogen) atoms. The molecular formula is C19H19NO4. The van der Waals surface area contributed by atoms with Crippen LogP contribution in [-0.2, 0) is 6.42 Å². The third kappa shape index (κ3) is 3.16. The van der Waals surface area contributed by atoms with E-state index < -0.39 is 6.10 Å². The molecule has 0 saturated heterocycles. The Morgan fingerprint density at radius 1 is 1.00 bits per heavy atom. The van der Waals surface area contributed by atoms with Crippen molar-refractivity contribution in [2.24, 2.45) is 0 Å². The lowest BCUT2D eigenvalue weighted by Gasteiger charge is -2.19. The Morgan fingerprint density at radius 3 is 2.12 bits per heavy atom. The molecule has 0 radical (unpaired) electrons. The fourth-order valence-electron chi connectivity index (χ4n) is 2.68. The number of rotatable bonds is 6. The number of benzene rings is 2.